The third-order valence-corrected chi connectivity index (χ3v) is 6.06. The molecule has 4 rings (SSSR count). The maximum absolute atomic E-state index is 13.5. The average molecular weight is 458 g/mol. The molecule has 0 saturated heterocycles. The van der Waals surface area contributed by atoms with Crippen molar-refractivity contribution >= 4 is 17.4 Å². The first-order valence-electron chi connectivity index (χ1n) is 11.1. The van der Waals surface area contributed by atoms with Crippen molar-refractivity contribution in [1.29, 1.82) is 0 Å². The molecule has 0 bridgehead atoms. The van der Waals surface area contributed by atoms with Crippen LogP contribution in [0.1, 0.15) is 43.6 Å². The zero-order valence-corrected chi connectivity index (χ0v) is 18.1. The summed E-state index contributed by atoms with van der Waals surface area (Å²) in [5, 5.41) is 19.9. The van der Waals surface area contributed by atoms with Crippen LogP contribution in [0.2, 0.25) is 0 Å². The van der Waals surface area contributed by atoms with Gasteiger partial charge in [0.05, 0.1) is 4.92 Å². The Bertz CT molecular complexity index is 1010. The van der Waals surface area contributed by atoms with E-state index in [0.29, 0.717) is 24.1 Å². The molecule has 0 radical (unpaired) electrons. The van der Waals surface area contributed by atoms with Crippen molar-refractivity contribution in [3.63, 3.8) is 0 Å². The number of carbonyl (C=O) groups excluding carboxylic acids is 1. The van der Waals surface area contributed by atoms with E-state index in [-0.39, 0.29) is 18.4 Å². The van der Waals surface area contributed by atoms with Crippen LogP contribution in [-0.4, -0.2) is 36.9 Å². The molecule has 0 spiro atoms. The van der Waals surface area contributed by atoms with E-state index >= 15 is 0 Å². The van der Waals surface area contributed by atoms with Crippen LogP contribution in [0.4, 0.5) is 20.6 Å². The van der Waals surface area contributed by atoms with Crippen LogP contribution < -0.4 is 25.4 Å². The van der Waals surface area contributed by atoms with E-state index in [1.807, 2.05) is 18.2 Å². The number of anilines is 1. The Morgan fingerprint density at radius 1 is 1.15 bits per heavy atom. The highest BCUT2D eigenvalue weighted by molar-refractivity contribution is 5.89. The molecule has 2 aromatic carbocycles. The average Bonchev–Trinajstić information content (AvgIpc) is 3.48. The lowest BCUT2D eigenvalue weighted by Gasteiger charge is -2.20. The number of hydrogen-bond acceptors (Lipinski definition) is 6. The van der Waals surface area contributed by atoms with Gasteiger partial charge in [-0.1, -0.05) is 18.9 Å². The van der Waals surface area contributed by atoms with Gasteiger partial charge in [-0.15, -0.1) is 0 Å². The van der Waals surface area contributed by atoms with E-state index in [1.54, 1.807) is 0 Å². The molecule has 1 aliphatic heterocycles. The Labute approximate surface area is 190 Å². The molecule has 1 aliphatic carbocycles. The van der Waals surface area contributed by atoms with Crippen LogP contribution >= 0.6 is 0 Å². The van der Waals surface area contributed by atoms with Crippen LogP contribution in [0.3, 0.4) is 0 Å². The maximum Gasteiger partial charge on any atom is 0.319 e. The third-order valence-electron chi connectivity index (χ3n) is 6.06. The van der Waals surface area contributed by atoms with Crippen LogP contribution in [0.15, 0.2) is 36.4 Å². The number of ether oxygens (including phenoxy) is 2. The van der Waals surface area contributed by atoms with Gasteiger partial charge in [0, 0.05) is 30.3 Å². The molecule has 1 unspecified atom stereocenters. The number of nitrogens with zero attached hydrogens (tertiary/aromatic N) is 1. The molecule has 1 saturated carbocycles. The third kappa shape index (κ3) is 5.89. The second-order valence-electron chi connectivity index (χ2n) is 8.29. The molecule has 176 valence electrons. The number of halogens is 1. The molecule has 33 heavy (non-hydrogen) atoms. The molecule has 0 aromatic heterocycles. The monoisotopic (exact) mass is 458 g/mol. The normalized spacial score (nSPS) is 15.9. The summed E-state index contributed by atoms with van der Waals surface area (Å²) in [7, 11) is 0. The molecule has 1 fully saturated rings. The molecule has 10 heteroatoms. The van der Waals surface area contributed by atoms with E-state index in [2.05, 4.69) is 16.0 Å². The summed E-state index contributed by atoms with van der Waals surface area (Å²) in [6, 6.07) is 9.03. The lowest BCUT2D eigenvalue weighted by molar-refractivity contribution is -0.387. The number of amides is 2. The molecular formula is C23H27FN4O5. The topological polar surface area (TPSA) is 115 Å². The summed E-state index contributed by atoms with van der Waals surface area (Å²) in [5.41, 5.74) is 0.470. The first-order valence-corrected chi connectivity index (χ1v) is 11.1. The highest BCUT2D eigenvalue weighted by atomic mass is 19.1. The van der Waals surface area contributed by atoms with E-state index in [4.69, 9.17) is 9.47 Å². The van der Waals surface area contributed by atoms with Crippen LogP contribution in [0, 0.1) is 15.9 Å². The summed E-state index contributed by atoms with van der Waals surface area (Å²) in [5.74, 6) is 0.444. The first kappa shape index (κ1) is 22.8. The number of rotatable bonds is 9. The fourth-order valence-corrected chi connectivity index (χ4v) is 4.27. The van der Waals surface area contributed by atoms with Gasteiger partial charge in [-0.25, -0.2) is 4.79 Å². The Morgan fingerprint density at radius 2 is 1.94 bits per heavy atom. The number of benzene rings is 2. The Hall–Kier alpha value is -3.40. The number of nitro benzene ring substituents is 1. The number of fused-ring (bicyclic) bond motifs is 1. The maximum atomic E-state index is 13.5. The zero-order chi connectivity index (χ0) is 23.2. The number of carbonyl (C=O) groups is 1. The standard InChI is InChI=1S/C23H27FN4O5/c24-19-7-6-18(12-20(19)28(30)31)27-23(29)26-13-16(9-10-25-17-3-1-2-4-17)15-5-8-21-22(11-15)33-14-32-21/h5-8,11-12,16-17,25H,1-4,9-10,13-14H2,(H2,26,27,29). The van der Waals surface area contributed by atoms with Crippen LogP contribution in [0.25, 0.3) is 0 Å². The van der Waals surface area contributed by atoms with Gasteiger partial charge in [0.1, 0.15) is 0 Å². The van der Waals surface area contributed by atoms with Gasteiger partial charge in [-0.3, -0.25) is 10.1 Å². The smallest absolute Gasteiger partial charge is 0.319 e. The van der Waals surface area contributed by atoms with Crippen molar-refractivity contribution < 1.29 is 23.6 Å². The van der Waals surface area contributed by atoms with Gasteiger partial charge in [0.2, 0.25) is 12.6 Å². The van der Waals surface area contributed by atoms with E-state index in [0.717, 1.165) is 30.7 Å². The predicted octanol–water partition coefficient (Wildman–Crippen LogP) is 4.29. The largest absolute Gasteiger partial charge is 0.454 e. The molecule has 1 atom stereocenters. The second-order valence-corrected chi connectivity index (χ2v) is 8.29. The number of nitrogens with one attached hydrogen (secondary N) is 3. The van der Waals surface area contributed by atoms with Gasteiger partial charge in [0.25, 0.3) is 0 Å². The molecule has 1 heterocycles. The number of hydrogen-bond donors (Lipinski definition) is 3. The van der Waals surface area contributed by atoms with Crippen molar-refractivity contribution in [2.24, 2.45) is 0 Å². The predicted molar refractivity (Wildman–Crippen MR) is 120 cm³/mol. The Morgan fingerprint density at radius 3 is 2.73 bits per heavy atom. The van der Waals surface area contributed by atoms with E-state index in [1.165, 1.54) is 31.7 Å². The SMILES string of the molecule is O=C(NCC(CCNC1CCCC1)c1ccc2c(c1)OCO2)Nc1ccc(F)c([N+](=O)[O-])c1. The summed E-state index contributed by atoms with van der Waals surface area (Å²) in [6.07, 6.45) is 5.70. The highest BCUT2D eigenvalue weighted by Gasteiger charge is 2.21. The number of nitro groups is 1. The molecular weight excluding hydrogens is 431 g/mol. The second kappa shape index (κ2) is 10.5. The van der Waals surface area contributed by atoms with Crippen molar-refractivity contribution in [3.8, 4) is 11.5 Å². The highest BCUT2D eigenvalue weighted by Crippen LogP contribution is 2.35. The van der Waals surface area contributed by atoms with Crippen molar-refractivity contribution in [2.75, 3.05) is 25.2 Å². The Kier molecular flexibility index (Phi) is 7.23. The van der Waals surface area contributed by atoms with Gasteiger partial charge >= 0.3 is 11.7 Å². The molecule has 3 N–H and O–H groups in total. The van der Waals surface area contributed by atoms with E-state index in [9.17, 15) is 19.3 Å². The van der Waals surface area contributed by atoms with Crippen molar-refractivity contribution in [3.05, 3.63) is 57.9 Å². The quantitative estimate of drug-likeness (QED) is 0.381. The molecule has 9 nitrogen and oxygen atoms in total. The summed E-state index contributed by atoms with van der Waals surface area (Å²) in [6.45, 7) is 1.36. The molecule has 2 aromatic rings. The number of urea groups is 1. The van der Waals surface area contributed by atoms with Gasteiger partial charge in [0.15, 0.2) is 11.5 Å². The van der Waals surface area contributed by atoms with Gasteiger partial charge in [-0.2, -0.15) is 4.39 Å². The lowest BCUT2D eigenvalue weighted by atomic mass is 9.95. The summed E-state index contributed by atoms with van der Waals surface area (Å²) in [4.78, 5) is 22.5. The zero-order valence-electron chi connectivity index (χ0n) is 18.1. The van der Waals surface area contributed by atoms with Crippen LogP contribution in [-0.2, 0) is 0 Å². The van der Waals surface area contributed by atoms with Crippen molar-refractivity contribution in [2.45, 2.75) is 44.1 Å². The Balaban J connectivity index is 1.38. The minimum absolute atomic E-state index is 0.0155. The lowest BCUT2D eigenvalue weighted by Crippen LogP contribution is -2.34. The fraction of sp³-hybridized carbons (Fsp3) is 0.435. The van der Waals surface area contributed by atoms with Gasteiger partial charge < -0.3 is 25.4 Å². The summed E-state index contributed by atoms with van der Waals surface area (Å²) < 4.78 is 24.4. The minimum atomic E-state index is -0.955. The summed E-state index contributed by atoms with van der Waals surface area (Å²) >= 11 is 0. The first-order chi connectivity index (χ1) is 16.0. The van der Waals surface area contributed by atoms with Crippen molar-refractivity contribution in [1.82, 2.24) is 10.6 Å². The minimum Gasteiger partial charge on any atom is -0.454 e. The molecule has 2 aliphatic rings. The molecule has 2 amide bonds. The van der Waals surface area contributed by atoms with Gasteiger partial charge in [-0.05, 0) is 55.6 Å². The van der Waals surface area contributed by atoms with Crippen LogP contribution in [0.5, 0.6) is 11.5 Å². The van der Waals surface area contributed by atoms with E-state index < -0.39 is 22.5 Å². The fourth-order valence-electron chi connectivity index (χ4n) is 4.27.